The van der Waals surface area contributed by atoms with Crippen LogP contribution >= 0.6 is 0 Å². The lowest BCUT2D eigenvalue weighted by molar-refractivity contribution is 0.257. The van der Waals surface area contributed by atoms with Gasteiger partial charge in [-0.15, -0.1) is 5.11 Å². The second-order valence-electron chi connectivity index (χ2n) is 2.13. The van der Waals surface area contributed by atoms with Gasteiger partial charge >= 0.3 is 6.03 Å². The van der Waals surface area contributed by atoms with Crippen molar-refractivity contribution in [3.05, 3.63) is 30.1 Å². The molecule has 2 rings (SSSR count). The average molecular weight is 160 g/mol. The molecule has 1 aromatic rings. The van der Waals surface area contributed by atoms with Gasteiger partial charge in [0.1, 0.15) is 5.69 Å². The number of carbonyl (C=O) groups is 1. The first-order valence-corrected chi connectivity index (χ1v) is 3.32. The minimum Gasteiger partial charge on any atom is -0.253 e. The standard InChI is InChI=1S/C7H4N4O/c12-7-9-6(10-11-7)5-3-1-2-4-8-5/h1-4H. The van der Waals surface area contributed by atoms with E-state index in [1.807, 2.05) is 0 Å². The van der Waals surface area contributed by atoms with E-state index in [9.17, 15) is 4.79 Å². The quantitative estimate of drug-likeness (QED) is 0.623. The molecule has 0 radical (unpaired) electrons. The fourth-order valence-electron chi connectivity index (χ4n) is 0.829. The minimum atomic E-state index is -0.573. The number of amidine groups is 1. The smallest absolute Gasteiger partial charge is 0.253 e. The van der Waals surface area contributed by atoms with E-state index in [0.717, 1.165) is 0 Å². The van der Waals surface area contributed by atoms with Crippen molar-refractivity contribution in [2.75, 3.05) is 0 Å². The average Bonchev–Trinajstić information content (AvgIpc) is 2.54. The number of amides is 2. The van der Waals surface area contributed by atoms with Crippen LogP contribution in [0.15, 0.2) is 39.6 Å². The molecule has 12 heavy (non-hydrogen) atoms. The summed E-state index contributed by atoms with van der Waals surface area (Å²) >= 11 is 0. The Bertz CT molecular complexity index is 368. The zero-order valence-electron chi connectivity index (χ0n) is 6.01. The van der Waals surface area contributed by atoms with Gasteiger partial charge < -0.3 is 0 Å². The first kappa shape index (κ1) is 6.78. The lowest BCUT2D eigenvalue weighted by atomic mass is 10.3. The van der Waals surface area contributed by atoms with Crippen molar-refractivity contribution in [3.63, 3.8) is 0 Å². The molecule has 5 heteroatoms. The summed E-state index contributed by atoms with van der Waals surface area (Å²) in [5, 5.41) is 6.79. The topological polar surface area (TPSA) is 67.0 Å². The highest BCUT2D eigenvalue weighted by Crippen LogP contribution is 2.05. The molecule has 2 amide bonds. The Morgan fingerprint density at radius 1 is 1.17 bits per heavy atom. The van der Waals surface area contributed by atoms with E-state index in [2.05, 4.69) is 20.2 Å². The predicted molar refractivity (Wildman–Crippen MR) is 41.0 cm³/mol. The SMILES string of the molecule is O=C1N=NC(c2ccccn2)=N1. The van der Waals surface area contributed by atoms with Gasteiger partial charge in [-0.1, -0.05) is 11.2 Å². The first-order valence-electron chi connectivity index (χ1n) is 3.32. The van der Waals surface area contributed by atoms with Crippen molar-refractivity contribution >= 4 is 11.9 Å². The van der Waals surface area contributed by atoms with Gasteiger partial charge in [0, 0.05) is 6.20 Å². The monoisotopic (exact) mass is 160 g/mol. The molecule has 0 saturated heterocycles. The number of aliphatic imine (C=N–C) groups is 1. The van der Waals surface area contributed by atoms with Crippen LogP contribution in [0.2, 0.25) is 0 Å². The zero-order valence-corrected chi connectivity index (χ0v) is 6.01. The highest BCUT2D eigenvalue weighted by molar-refractivity contribution is 6.07. The van der Waals surface area contributed by atoms with Crippen LogP contribution in [0.25, 0.3) is 0 Å². The number of pyridine rings is 1. The molecule has 0 bridgehead atoms. The molecule has 0 atom stereocenters. The fraction of sp³-hybridized carbons (Fsp3) is 0. The third-order valence-corrected chi connectivity index (χ3v) is 1.33. The van der Waals surface area contributed by atoms with E-state index in [4.69, 9.17) is 0 Å². The van der Waals surface area contributed by atoms with Crippen molar-refractivity contribution in [1.82, 2.24) is 4.98 Å². The minimum absolute atomic E-state index is 0.278. The Morgan fingerprint density at radius 3 is 2.67 bits per heavy atom. The molecule has 0 saturated carbocycles. The van der Waals surface area contributed by atoms with Gasteiger partial charge in [-0.05, 0) is 12.1 Å². The molecule has 0 spiro atoms. The van der Waals surface area contributed by atoms with E-state index >= 15 is 0 Å². The largest absolute Gasteiger partial charge is 0.387 e. The summed E-state index contributed by atoms with van der Waals surface area (Å²) in [6.45, 7) is 0. The third kappa shape index (κ3) is 1.12. The normalized spacial score (nSPS) is 15.0. The molecular weight excluding hydrogens is 156 g/mol. The molecule has 0 fully saturated rings. The maximum atomic E-state index is 10.6. The lowest BCUT2D eigenvalue weighted by Gasteiger charge is -1.90. The van der Waals surface area contributed by atoms with Gasteiger partial charge in [0.15, 0.2) is 0 Å². The molecule has 0 unspecified atom stereocenters. The summed E-state index contributed by atoms with van der Waals surface area (Å²) in [5.41, 5.74) is 0.562. The van der Waals surface area contributed by atoms with Crippen molar-refractivity contribution in [1.29, 1.82) is 0 Å². The van der Waals surface area contributed by atoms with Gasteiger partial charge in [-0.2, -0.15) is 4.99 Å². The number of azo groups is 1. The number of hydrogen-bond donors (Lipinski definition) is 0. The van der Waals surface area contributed by atoms with Crippen molar-refractivity contribution in [2.24, 2.45) is 15.2 Å². The number of urea groups is 1. The highest BCUT2D eigenvalue weighted by atomic mass is 16.2. The first-order chi connectivity index (χ1) is 5.86. The second kappa shape index (κ2) is 2.61. The van der Waals surface area contributed by atoms with E-state index in [1.54, 1.807) is 24.4 Å². The summed E-state index contributed by atoms with van der Waals surface area (Å²) in [4.78, 5) is 18.1. The maximum absolute atomic E-state index is 10.6. The van der Waals surface area contributed by atoms with Crippen LogP contribution in [-0.2, 0) is 0 Å². The molecule has 0 N–H and O–H groups in total. The fourth-order valence-corrected chi connectivity index (χ4v) is 0.829. The molecule has 1 aromatic heterocycles. The van der Waals surface area contributed by atoms with Crippen molar-refractivity contribution < 1.29 is 4.79 Å². The Hall–Kier alpha value is -1.91. The number of carbonyl (C=O) groups excluding carboxylic acids is 1. The van der Waals surface area contributed by atoms with Crippen LogP contribution in [0.1, 0.15) is 5.69 Å². The number of aromatic nitrogens is 1. The van der Waals surface area contributed by atoms with Crippen LogP contribution in [-0.4, -0.2) is 16.9 Å². The molecule has 0 aromatic carbocycles. The van der Waals surface area contributed by atoms with Gasteiger partial charge in [0.25, 0.3) is 0 Å². The summed E-state index contributed by atoms with van der Waals surface area (Å²) in [5.74, 6) is 0.278. The highest BCUT2D eigenvalue weighted by Gasteiger charge is 2.12. The number of rotatable bonds is 1. The lowest BCUT2D eigenvalue weighted by Crippen LogP contribution is -1.96. The van der Waals surface area contributed by atoms with Gasteiger partial charge in [0.2, 0.25) is 5.84 Å². The van der Waals surface area contributed by atoms with Crippen LogP contribution in [0.4, 0.5) is 4.79 Å². The van der Waals surface area contributed by atoms with Crippen LogP contribution in [0.5, 0.6) is 0 Å². The predicted octanol–water partition coefficient (Wildman–Crippen LogP) is 1.41. The molecule has 1 aliphatic rings. The Kier molecular flexibility index (Phi) is 1.48. The summed E-state index contributed by atoms with van der Waals surface area (Å²) in [6.07, 6.45) is 1.61. The van der Waals surface area contributed by atoms with Gasteiger partial charge in [0.05, 0.1) is 0 Å². The van der Waals surface area contributed by atoms with Gasteiger partial charge in [-0.25, -0.2) is 4.79 Å². The molecule has 58 valence electrons. The van der Waals surface area contributed by atoms with Crippen LogP contribution in [0, 0.1) is 0 Å². The maximum Gasteiger partial charge on any atom is 0.387 e. The van der Waals surface area contributed by atoms with E-state index in [0.29, 0.717) is 5.69 Å². The van der Waals surface area contributed by atoms with Crippen LogP contribution < -0.4 is 0 Å². The number of hydrogen-bond acceptors (Lipinski definition) is 3. The summed E-state index contributed by atoms with van der Waals surface area (Å²) in [6, 6.07) is 4.72. The second-order valence-corrected chi connectivity index (χ2v) is 2.13. The molecule has 5 nitrogen and oxygen atoms in total. The Morgan fingerprint density at radius 2 is 2.08 bits per heavy atom. The molecule has 2 heterocycles. The molecule has 0 aliphatic carbocycles. The zero-order chi connectivity index (χ0) is 8.39. The third-order valence-electron chi connectivity index (χ3n) is 1.33. The van der Waals surface area contributed by atoms with Crippen molar-refractivity contribution in [2.45, 2.75) is 0 Å². The van der Waals surface area contributed by atoms with E-state index < -0.39 is 6.03 Å². The Balaban J connectivity index is 2.40. The summed E-state index contributed by atoms with van der Waals surface area (Å²) in [7, 11) is 0. The molecule has 1 aliphatic heterocycles. The van der Waals surface area contributed by atoms with E-state index in [1.165, 1.54) is 0 Å². The Labute approximate surface area is 67.9 Å². The van der Waals surface area contributed by atoms with E-state index in [-0.39, 0.29) is 5.84 Å². The van der Waals surface area contributed by atoms with Crippen molar-refractivity contribution in [3.8, 4) is 0 Å². The molecular formula is C7H4N4O. The summed E-state index contributed by atoms with van der Waals surface area (Å²) < 4.78 is 0. The van der Waals surface area contributed by atoms with Crippen LogP contribution in [0.3, 0.4) is 0 Å². The number of nitrogens with zero attached hydrogens (tertiary/aromatic N) is 4. The van der Waals surface area contributed by atoms with Gasteiger partial charge in [-0.3, -0.25) is 4.98 Å².